The molecule has 0 spiro atoms. The van der Waals surface area contributed by atoms with Gasteiger partial charge in [-0.1, -0.05) is 24.3 Å². The molecule has 0 fully saturated rings. The summed E-state index contributed by atoms with van der Waals surface area (Å²) in [5.74, 6) is -0.613. The summed E-state index contributed by atoms with van der Waals surface area (Å²) >= 11 is 0. The number of aliphatic hydroxyl groups is 1. The zero-order valence-corrected chi connectivity index (χ0v) is 5.70. The van der Waals surface area contributed by atoms with E-state index < -0.39 is 5.90 Å². The van der Waals surface area contributed by atoms with Gasteiger partial charge in [0.15, 0.2) is 0 Å². The molecule has 0 saturated carbocycles. The highest BCUT2D eigenvalue weighted by Gasteiger charge is 1.92. The van der Waals surface area contributed by atoms with Crippen molar-refractivity contribution in [3.05, 3.63) is 40.8 Å². The maximum Gasteiger partial charge on any atom is -0.000240 e. The van der Waals surface area contributed by atoms with Crippen LogP contribution in [0.5, 0.6) is 0 Å². The summed E-state index contributed by atoms with van der Waals surface area (Å²) in [5, 5.41) is 17.4. The number of hydrogen-bond donors (Lipinski definition) is 1. The molecule has 1 N–H and O–H groups in total. The Kier molecular flexibility index (Phi) is 1.71. The van der Waals surface area contributed by atoms with Crippen LogP contribution < -0.4 is 0 Å². The van der Waals surface area contributed by atoms with E-state index in [-0.39, 0.29) is 0 Å². The molecule has 1 rings (SSSR count). The Balaban J connectivity index is 3.15. The van der Waals surface area contributed by atoms with Crippen molar-refractivity contribution in [1.82, 2.24) is 0 Å². The van der Waals surface area contributed by atoms with Crippen LogP contribution in [-0.2, 0) is 0 Å². The second-order valence-corrected chi connectivity index (χ2v) is 2.14. The van der Waals surface area contributed by atoms with Gasteiger partial charge in [-0.25, -0.2) is 0 Å². The molecule has 0 atom stereocenters. The maximum absolute atomic E-state index is 8.68. The zero-order valence-electron chi connectivity index (χ0n) is 5.70. The Bertz CT molecular complexity index is 255. The average molecular weight is 134 g/mol. The van der Waals surface area contributed by atoms with Gasteiger partial charge in [0.05, 0.1) is 0 Å². The Labute approximate surface area is 59.6 Å². The number of nitrogens with zero attached hydrogens (tertiary/aromatic N) is 1. The smallest absolute Gasteiger partial charge is 0.000240 e. The van der Waals surface area contributed by atoms with Crippen molar-refractivity contribution in [3.63, 3.8) is 0 Å². The van der Waals surface area contributed by atoms with E-state index >= 15 is 0 Å². The van der Waals surface area contributed by atoms with Crippen LogP contribution in [0, 0.1) is 6.92 Å². The number of rotatable bonds is 1. The fourth-order valence-corrected chi connectivity index (χ4v) is 0.824. The van der Waals surface area contributed by atoms with E-state index in [0.29, 0.717) is 5.56 Å². The van der Waals surface area contributed by atoms with Crippen molar-refractivity contribution in [1.29, 1.82) is 0 Å². The van der Waals surface area contributed by atoms with Crippen molar-refractivity contribution in [2.45, 2.75) is 6.92 Å². The van der Waals surface area contributed by atoms with Crippen LogP contribution in [0.4, 0.5) is 0 Å². The van der Waals surface area contributed by atoms with Crippen LogP contribution in [0.2, 0.25) is 0 Å². The van der Waals surface area contributed by atoms with Gasteiger partial charge in [0.25, 0.3) is 0 Å². The lowest BCUT2D eigenvalue weighted by Crippen LogP contribution is -1.97. The summed E-state index contributed by atoms with van der Waals surface area (Å²) in [6.45, 7) is 1.82. The summed E-state index contributed by atoms with van der Waals surface area (Å²) in [6.07, 6.45) is 0. The third kappa shape index (κ3) is 1.16. The van der Waals surface area contributed by atoms with E-state index in [1.54, 1.807) is 12.1 Å². The number of benzene rings is 1. The summed E-state index contributed by atoms with van der Waals surface area (Å²) < 4.78 is 0. The van der Waals surface area contributed by atoms with Crippen LogP contribution in [-0.4, -0.2) is 11.0 Å². The molecular weight excluding hydrogens is 126 g/mol. The Hall–Kier alpha value is -1.31. The van der Waals surface area contributed by atoms with Crippen LogP contribution in [0.3, 0.4) is 0 Å². The summed E-state index contributed by atoms with van der Waals surface area (Å²) in [7, 11) is 0. The van der Waals surface area contributed by atoms with Gasteiger partial charge in [-0.3, -0.25) is 0 Å². The third-order valence-corrected chi connectivity index (χ3v) is 1.39. The molecule has 0 saturated heterocycles. The normalized spacial score (nSPS) is 9.30. The molecule has 10 heavy (non-hydrogen) atoms. The fraction of sp³-hybridized carbons (Fsp3) is 0.125. The molecule has 52 valence electrons. The number of aryl methyl sites for hydroxylation is 1. The lowest BCUT2D eigenvalue weighted by atomic mass is 10.1. The minimum Gasteiger partial charge on any atom is -0.771 e. The molecule has 0 aromatic heterocycles. The number of hydrogen-bond acceptors (Lipinski definition) is 0. The highest BCUT2D eigenvalue weighted by Crippen LogP contribution is 2.05. The predicted octanol–water partition coefficient (Wildman–Crippen LogP) is 1.87. The molecule has 0 aliphatic heterocycles. The van der Waals surface area contributed by atoms with Gasteiger partial charge in [-0.05, 0) is 23.9 Å². The summed E-state index contributed by atoms with van der Waals surface area (Å²) in [4.78, 5) is 0. The Morgan fingerprint density at radius 2 is 2.00 bits per heavy atom. The molecule has 1 aromatic rings. The van der Waals surface area contributed by atoms with E-state index in [4.69, 9.17) is 10.5 Å². The van der Waals surface area contributed by atoms with Crippen molar-refractivity contribution in [3.8, 4) is 0 Å². The van der Waals surface area contributed by atoms with Gasteiger partial charge < -0.3 is 10.5 Å². The Morgan fingerprint density at radius 1 is 1.40 bits per heavy atom. The summed E-state index contributed by atoms with van der Waals surface area (Å²) in [6, 6.07) is 7.09. The molecule has 0 unspecified atom stereocenters. The topological polar surface area (TPSA) is 42.5 Å². The predicted molar refractivity (Wildman–Crippen MR) is 41.3 cm³/mol. The van der Waals surface area contributed by atoms with Gasteiger partial charge in [-0.15, -0.1) is 0 Å². The molecular formula is C8H8NO-. The SMILES string of the molecule is Cc1ccccc1C(=[N-])O. The third-order valence-electron chi connectivity index (χ3n) is 1.39. The van der Waals surface area contributed by atoms with Gasteiger partial charge >= 0.3 is 0 Å². The van der Waals surface area contributed by atoms with Crippen molar-refractivity contribution in [2.24, 2.45) is 0 Å². The summed E-state index contributed by atoms with van der Waals surface area (Å²) in [5.41, 5.74) is 1.35. The fourth-order valence-electron chi connectivity index (χ4n) is 0.824. The minimum atomic E-state index is -0.613. The van der Waals surface area contributed by atoms with Crippen molar-refractivity contribution >= 4 is 5.90 Å². The zero-order chi connectivity index (χ0) is 7.56. The van der Waals surface area contributed by atoms with E-state index in [0.717, 1.165) is 5.56 Å². The number of aliphatic hydroxyl groups excluding tert-OH is 1. The van der Waals surface area contributed by atoms with Gasteiger partial charge in [0.1, 0.15) is 0 Å². The lowest BCUT2D eigenvalue weighted by Gasteiger charge is -2.06. The quantitative estimate of drug-likeness (QED) is 0.462. The monoisotopic (exact) mass is 134 g/mol. The van der Waals surface area contributed by atoms with Crippen LogP contribution in [0.25, 0.3) is 5.41 Å². The van der Waals surface area contributed by atoms with Crippen molar-refractivity contribution < 1.29 is 5.11 Å². The lowest BCUT2D eigenvalue weighted by molar-refractivity contribution is 0.564. The molecule has 0 bridgehead atoms. The van der Waals surface area contributed by atoms with Gasteiger partial charge in [0.2, 0.25) is 0 Å². The van der Waals surface area contributed by atoms with Gasteiger partial charge in [0, 0.05) is 0 Å². The highest BCUT2D eigenvalue weighted by molar-refractivity contribution is 5.96. The van der Waals surface area contributed by atoms with E-state index in [2.05, 4.69) is 0 Å². The first kappa shape index (κ1) is 6.81. The molecule has 2 nitrogen and oxygen atoms in total. The standard InChI is InChI=1S/C8H8NO/c1-6-4-2-3-5-7(6)8(9)10/h2-5H,1H3,(H-,9,10)/q-1. The van der Waals surface area contributed by atoms with E-state index in [9.17, 15) is 0 Å². The molecule has 0 aliphatic rings. The van der Waals surface area contributed by atoms with E-state index in [1.807, 2.05) is 19.1 Å². The van der Waals surface area contributed by atoms with Crippen LogP contribution in [0.15, 0.2) is 24.3 Å². The second-order valence-electron chi connectivity index (χ2n) is 2.14. The first-order valence-corrected chi connectivity index (χ1v) is 3.02. The van der Waals surface area contributed by atoms with E-state index in [1.165, 1.54) is 0 Å². The second kappa shape index (κ2) is 2.52. The van der Waals surface area contributed by atoms with Crippen molar-refractivity contribution in [2.75, 3.05) is 0 Å². The molecule has 0 heterocycles. The van der Waals surface area contributed by atoms with Crippen LogP contribution >= 0.6 is 0 Å². The molecule has 0 aliphatic carbocycles. The first-order chi connectivity index (χ1) is 4.72. The van der Waals surface area contributed by atoms with Crippen LogP contribution in [0.1, 0.15) is 11.1 Å². The molecule has 0 radical (unpaired) electrons. The van der Waals surface area contributed by atoms with Gasteiger partial charge in [-0.2, -0.15) is 0 Å². The average Bonchev–Trinajstić information content (AvgIpc) is 1.88. The maximum atomic E-state index is 8.68. The largest absolute Gasteiger partial charge is 0.771 e. The highest BCUT2D eigenvalue weighted by atomic mass is 16.3. The Morgan fingerprint density at radius 3 is 2.40 bits per heavy atom. The first-order valence-electron chi connectivity index (χ1n) is 3.02. The molecule has 2 heteroatoms. The minimum absolute atomic E-state index is 0.488. The molecule has 0 amide bonds. The molecule has 1 aromatic carbocycles.